The topological polar surface area (TPSA) is 58.6 Å². The number of rotatable bonds is 4. The monoisotopic (exact) mass is 420 g/mol. The van der Waals surface area contributed by atoms with Crippen molar-refractivity contribution in [1.29, 1.82) is 0 Å². The molecular formula is C21H22F2N2O3S. The molecule has 0 saturated carbocycles. The lowest BCUT2D eigenvalue weighted by molar-refractivity contribution is -0.125. The van der Waals surface area contributed by atoms with Crippen LogP contribution in [0.3, 0.4) is 0 Å². The van der Waals surface area contributed by atoms with Crippen LogP contribution in [-0.4, -0.2) is 43.0 Å². The molecular weight excluding hydrogens is 398 g/mol. The maximum Gasteiger partial charge on any atom is 0.264 e. The summed E-state index contributed by atoms with van der Waals surface area (Å²) in [6.45, 7) is 2.28. The fraction of sp³-hybridized carbons (Fsp3) is 0.429. The van der Waals surface area contributed by atoms with Crippen LogP contribution >= 0.6 is 11.3 Å². The Kier molecular flexibility index (Phi) is 5.91. The van der Waals surface area contributed by atoms with Crippen molar-refractivity contribution in [2.45, 2.75) is 25.8 Å². The molecule has 8 heteroatoms. The number of carbonyl (C=O) groups is 2. The van der Waals surface area contributed by atoms with E-state index in [9.17, 15) is 18.4 Å². The molecule has 1 aliphatic carbocycles. The number of nitrogens with one attached hydrogen (secondary N) is 1. The summed E-state index contributed by atoms with van der Waals surface area (Å²) in [4.78, 5) is 28.9. The Morgan fingerprint density at radius 3 is 2.79 bits per heavy atom. The molecule has 0 spiro atoms. The van der Waals surface area contributed by atoms with Gasteiger partial charge in [-0.2, -0.15) is 0 Å². The Morgan fingerprint density at radius 1 is 1.21 bits per heavy atom. The van der Waals surface area contributed by atoms with Gasteiger partial charge in [0.1, 0.15) is 11.6 Å². The molecule has 2 amide bonds. The Bertz CT molecular complexity index is 925. The summed E-state index contributed by atoms with van der Waals surface area (Å²) in [7, 11) is 0. The lowest BCUT2D eigenvalue weighted by atomic mass is 9.87. The summed E-state index contributed by atoms with van der Waals surface area (Å²) < 4.78 is 32.3. The number of hydrogen-bond acceptors (Lipinski definition) is 4. The minimum atomic E-state index is -0.540. The van der Waals surface area contributed by atoms with Crippen molar-refractivity contribution in [2.24, 2.45) is 5.92 Å². The van der Waals surface area contributed by atoms with E-state index in [4.69, 9.17) is 4.74 Å². The number of fused-ring (bicyclic) bond motifs is 1. The van der Waals surface area contributed by atoms with Gasteiger partial charge in [0.2, 0.25) is 5.91 Å². The van der Waals surface area contributed by atoms with E-state index in [1.807, 2.05) is 6.07 Å². The molecule has 1 aromatic carbocycles. The predicted molar refractivity (Wildman–Crippen MR) is 105 cm³/mol. The van der Waals surface area contributed by atoms with Gasteiger partial charge in [0, 0.05) is 36.0 Å². The van der Waals surface area contributed by atoms with Crippen LogP contribution in [0.25, 0.3) is 0 Å². The third kappa shape index (κ3) is 4.48. The standard InChI is InChI=1S/C21H22F2N2O3S/c22-16-2-3-17(23)15(10-16)12-24-20(26)13-1-4-18-14(9-13)11-19(29-18)21(27)25-5-7-28-8-6-25/h2-3,10-11,13H,1,4-9,12H2,(H,24,26). The Labute approximate surface area is 171 Å². The van der Waals surface area contributed by atoms with E-state index in [0.717, 1.165) is 35.1 Å². The second-order valence-corrected chi connectivity index (χ2v) is 8.49. The molecule has 2 aromatic rings. The average Bonchev–Trinajstić information content (AvgIpc) is 3.17. The fourth-order valence-corrected chi connectivity index (χ4v) is 4.96. The first kappa shape index (κ1) is 20.0. The molecule has 1 unspecified atom stereocenters. The molecule has 0 radical (unpaired) electrons. The van der Waals surface area contributed by atoms with Crippen LogP contribution < -0.4 is 5.32 Å². The van der Waals surface area contributed by atoms with Gasteiger partial charge in [0.25, 0.3) is 5.91 Å². The van der Waals surface area contributed by atoms with E-state index in [-0.39, 0.29) is 29.8 Å². The van der Waals surface area contributed by atoms with Crippen LogP contribution in [0.15, 0.2) is 24.3 Å². The summed E-state index contributed by atoms with van der Waals surface area (Å²) in [5.74, 6) is -1.46. The summed E-state index contributed by atoms with van der Waals surface area (Å²) in [5, 5.41) is 2.72. The third-order valence-corrected chi connectivity index (χ3v) is 6.65. The normalized spacial score (nSPS) is 19.0. The number of thiophene rings is 1. The maximum absolute atomic E-state index is 13.7. The molecule has 1 aliphatic heterocycles. The molecule has 1 aromatic heterocycles. The highest BCUT2D eigenvalue weighted by Gasteiger charge is 2.29. The third-order valence-electron chi connectivity index (χ3n) is 5.42. The summed E-state index contributed by atoms with van der Waals surface area (Å²) in [5.41, 5.74) is 1.17. The molecule has 1 N–H and O–H groups in total. The van der Waals surface area contributed by atoms with Crippen molar-refractivity contribution in [1.82, 2.24) is 10.2 Å². The highest BCUT2D eigenvalue weighted by Crippen LogP contribution is 2.33. The van der Waals surface area contributed by atoms with E-state index >= 15 is 0 Å². The van der Waals surface area contributed by atoms with Crippen molar-refractivity contribution >= 4 is 23.2 Å². The van der Waals surface area contributed by atoms with Gasteiger partial charge in [0.05, 0.1) is 18.1 Å². The number of amides is 2. The van der Waals surface area contributed by atoms with Gasteiger partial charge in [-0.3, -0.25) is 9.59 Å². The van der Waals surface area contributed by atoms with Gasteiger partial charge < -0.3 is 15.0 Å². The van der Waals surface area contributed by atoms with E-state index in [1.54, 1.807) is 4.90 Å². The van der Waals surface area contributed by atoms with Gasteiger partial charge in [-0.15, -0.1) is 11.3 Å². The number of morpholine rings is 1. The van der Waals surface area contributed by atoms with E-state index in [2.05, 4.69) is 5.32 Å². The van der Waals surface area contributed by atoms with Crippen LogP contribution in [0.5, 0.6) is 0 Å². The van der Waals surface area contributed by atoms with Crippen LogP contribution in [0.1, 0.15) is 32.1 Å². The first-order valence-electron chi connectivity index (χ1n) is 9.71. The van der Waals surface area contributed by atoms with Crippen LogP contribution in [0, 0.1) is 17.6 Å². The number of hydrogen-bond donors (Lipinski definition) is 1. The number of nitrogens with zero attached hydrogens (tertiary/aromatic N) is 1. The largest absolute Gasteiger partial charge is 0.378 e. The molecule has 4 rings (SSSR count). The van der Waals surface area contributed by atoms with Gasteiger partial charge in [-0.05, 0) is 49.1 Å². The minimum Gasteiger partial charge on any atom is -0.378 e. The van der Waals surface area contributed by atoms with Crippen molar-refractivity contribution < 1.29 is 23.1 Å². The Morgan fingerprint density at radius 2 is 2.00 bits per heavy atom. The van der Waals surface area contributed by atoms with Crippen LogP contribution in [0.4, 0.5) is 8.78 Å². The lowest BCUT2D eigenvalue weighted by Crippen LogP contribution is -2.40. The first-order valence-corrected chi connectivity index (χ1v) is 10.5. The van der Waals surface area contributed by atoms with Crippen molar-refractivity contribution in [3.8, 4) is 0 Å². The fourth-order valence-electron chi connectivity index (χ4n) is 3.78. The Hall–Kier alpha value is -2.32. The van der Waals surface area contributed by atoms with Gasteiger partial charge in [-0.25, -0.2) is 8.78 Å². The van der Waals surface area contributed by atoms with E-state index in [0.29, 0.717) is 44.0 Å². The average molecular weight is 420 g/mol. The van der Waals surface area contributed by atoms with E-state index in [1.165, 1.54) is 11.3 Å². The van der Waals surface area contributed by atoms with Crippen molar-refractivity contribution in [3.05, 3.63) is 56.8 Å². The zero-order valence-corrected chi connectivity index (χ0v) is 16.7. The molecule has 154 valence electrons. The predicted octanol–water partition coefficient (Wildman–Crippen LogP) is 2.92. The zero-order chi connectivity index (χ0) is 20.4. The Balaban J connectivity index is 1.38. The van der Waals surface area contributed by atoms with Crippen LogP contribution in [0.2, 0.25) is 0 Å². The summed E-state index contributed by atoms with van der Waals surface area (Å²) in [6.07, 6.45) is 1.97. The summed E-state index contributed by atoms with van der Waals surface area (Å²) >= 11 is 1.51. The van der Waals surface area contributed by atoms with Crippen molar-refractivity contribution in [3.63, 3.8) is 0 Å². The van der Waals surface area contributed by atoms with Crippen molar-refractivity contribution in [2.75, 3.05) is 26.3 Å². The highest BCUT2D eigenvalue weighted by atomic mass is 32.1. The zero-order valence-electron chi connectivity index (χ0n) is 15.9. The number of halogens is 2. The second-order valence-electron chi connectivity index (χ2n) is 7.36. The summed E-state index contributed by atoms with van der Waals surface area (Å²) in [6, 6.07) is 5.11. The maximum atomic E-state index is 13.7. The smallest absolute Gasteiger partial charge is 0.264 e. The van der Waals surface area contributed by atoms with E-state index < -0.39 is 11.6 Å². The number of aryl methyl sites for hydroxylation is 1. The number of carbonyl (C=O) groups excluding carboxylic acids is 2. The highest BCUT2D eigenvalue weighted by molar-refractivity contribution is 7.14. The van der Waals surface area contributed by atoms with Gasteiger partial charge in [-0.1, -0.05) is 0 Å². The second kappa shape index (κ2) is 8.59. The SMILES string of the molecule is O=C(NCc1cc(F)ccc1F)C1CCc2sc(C(=O)N3CCOCC3)cc2C1. The molecule has 1 atom stereocenters. The van der Waals surface area contributed by atoms with Gasteiger partial charge in [0.15, 0.2) is 0 Å². The number of benzene rings is 1. The molecule has 1 saturated heterocycles. The molecule has 2 aliphatic rings. The molecule has 2 heterocycles. The lowest BCUT2D eigenvalue weighted by Gasteiger charge is -2.26. The molecule has 0 bridgehead atoms. The van der Waals surface area contributed by atoms with Gasteiger partial charge >= 0.3 is 0 Å². The quantitative estimate of drug-likeness (QED) is 0.828. The molecule has 5 nitrogen and oxygen atoms in total. The van der Waals surface area contributed by atoms with Crippen LogP contribution in [-0.2, 0) is 28.9 Å². The first-order chi connectivity index (χ1) is 14.0. The molecule has 1 fully saturated rings. The number of ether oxygens (including phenoxy) is 1. The minimum absolute atomic E-state index is 0.0234. The molecule has 29 heavy (non-hydrogen) atoms.